The van der Waals surface area contributed by atoms with Crippen molar-refractivity contribution >= 4 is 0 Å². The first kappa shape index (κ1) is 11.6. The van der Waals surface area contributed by atoms with Crippen LogP contribution in [-0.4, -0.2) is 28.7 Å². The molecule has 0 aliphatic carbocycles. The van der Waals surface area contributed by atoms with Gasteiger partial charge in [0.25, 0.3) is 0 Å². The van der Waals surface area contributed by atoms with Gasteiger partial charge < -0.3 is 14.6 Å². The largest absolute Gasteiger partial charge is 0.370 e. The van der Waals surface area contributed by atoms with Gasteiger partial charge in [-0.05, 0) is 25.8 Å². The second-order valence-corrected chi connectivity index (χ2v) is 4.49. The standard InChI is InChI=1S/C12H21N3O/c1-3-15-9-14-6-11(15)8-16-12-7-13-5-4-10(12)2/h6,9-10,12-13H,3-5,7-8H2,1-2H3. The molecule has 4 nitrogen and oxygen atoms in total. The Bertz CT molecular complexity index is 324. The maximum Gasteiger partial charge on any atom is 0.0948 e. The van der Waals surface area contributed by atoms with E-state index in [0.29, 0.717) is 18.6 Å². The van der Waals surface area contributed by atoms with E-state index in [9.17, 15) is 0 Å². The van der Waals surface area contributed by atoms with E-state index in [1.807, 2.05) is 12.5 Å². The van der Waals surface area contributed by atoms with E-state index < -0.39 is 0 Å². The zero-order valence-electron chi connectivity index (χ0n) is 10.1. The van der Waals surface area contributed by atoms with Gasteiger partial charge in [-0.15, -0.1) is 0 Å². The molecular formula is C12H21N3O. The number of piperidine rings is 1. The molecule has 1 aliphatic rings. The highest BCUT2D eigenvalue weighted by Gasteiger charge is 2.21. The highest BCUT2D eigenvalue weighted by atomic mass is 16.5. The molecule has 0 aromatic carbocycles. The third kappa shape index (κ3) is 2.62. The fourth-order valence-electron chi connectivity index (χ4n) is 2.13. The number of aromatic nitrogens is 2. The number of ether oxygens (including phenoxy) is 1. The minimum absolute atomic E-state index is 0.342. The molecule has 0 spiro atoms. The lowest BCUT2D eigenvalue weighted by atomic mass is 9.97. The number of aryl methyl sites for hydroxylation is 1. The normalized spacial score (nSPS) is 25.9. The zero-order valence-corrected chi connectivity index (χ0v) is 10.1. The van der Waals surface area contributed by atoms with Crippen LogP contribution in [0.25, 0.3) is 0 Å². The van der Waals surface area contributed by atoms with Crippen molar-refractivity contribution < 1.29 is 4.74 Å². The van der Waals surface area contributed by atoms with Gasteiger partial charge in [0.2, 0.25) is 0 Å². The number of nitrogens with zero attached hydrogens (tertiary/aromatic N) is 2. The molecule has 0 radical (unpaired) electrons. The molecule has 90 valence electrons. The highest BCUT2D eigenvalue weighted by Crippen LogP contribution is 2.16. The van der Waals surface area contributed by atoms with Crippen LogP contribution in [0.3, 0.4) is 0 Å². The van der Waals surface area contributed by atoms with Crippen LogP contribution in [-0.2, 0) is 17.9 Å². The van der Waals surface area contributed by atoms with Gasteiger partial charge in [0, 0.05) is 13.1 Å². The smallest absolute Gasteiger partial charge is 0.0948 e. The summed E-state index contributed by atoms with van der Waals surface area (Å²) in [5, 5.41) is 3.38. The molecule has 2 heterocycles. The highest BCUT2D eigenvalue weighted by molar-refractivity contribution is 4.96. The minimum Gasteiger partial charge on any atom is -0.370 e. The molecule has 1 aliphatic heterocycles. The lowest BCUT2D eigenvalue weighted by Gasteiger charge is -2.29. The Morgan fingerprint density at radius 2 is 2.50 bits per heavy atom. The number of rotatable bonds is 4. The molecule has 0 amide bonds. The molecular weight excluding hydrogens is 202 g/mol. The van der Waals surface area contributed by atoms with E-state index in [-0.39, 0.29) is 0 Å². The summed E-state index contributed by atoms with van der Waals surface area (Å²) < 4.78 is 8.08. The van der Waals surface area contributed by atoms with E-state index in [1.165, 1.54) is 12.1 Å². The van der Waals surface area contributed by atoms with Crippen LogP contribution in [0.5, 0.6) is 0 Å². The Hall–Kier alpha value is -0.870. The Morgan fingerprint density at radius 1 is 1.62 bits per heavy atom. The van der Waals surface area contributed by atoms with E-state index in [1.54, 1.807) is 0 Å². The molecule has 16 heavy (non-hydrogen) atoms. The zero-order chi connectivity index (χ0) is 11.4. The Labute approximate surface area is 97.0 Å². The molecule has 2 rings (SSSR count). The Morgan fingerprint density at radius 3 is 3.25 bits per heavy atom. The third-order valence-electron chi connectivity index (χ3n) is 3.34. The number of hydrogen-bond acceptors (Lipinski definition) is 3. The second kappa shape index (κ2) is 5.46. The molecule has 0 saturated carbocycles. The lowest BCUT2D eigenvalue weighted by Crippen LogP contribution is -2.41. The summed E-state index contributed by atoms with van der Waals surface area (Å²) in [5.74, 6) is 0.652. The molecule has 2 atom stereocenters. The van der Waals surface area contributed by atoms with Gasteiger partial charge in [0.1, 0.15) is 0 Å². The van der Waals surface area contributed by atoms with Gasteiger partial charge in [0.15, 0.2) is 0 Å². The number of nitrogens with one attached hydrogen (secondary N) is 1. The van der Waals surface area contributed by atoms with Crippen molar-refractivity contribution in [3.8, 4) is 0 Å². The third-order valence-corrected chi connectivity index (χ3v) is 3.34. The van der Waals surface area contributed by atoms with Crippen molar-refractivity contribution in [1.29, 1.82) is 0 Å². The SMILES string of the molecule is CCn1cncc1COC1CNCCC1C. The molecule has 1 N–H and O–H groups in total. The molecule has 1 fully saturated rings. The fourth-order valence-corrected chi connectivity index (χ4v) is 2.13. The van der Waals surface area contributed by atoms with Gasteiger partial charge in [-0.2, -0.15) is 0 Å². The van der Waals surface area contributed by atoms with Crippen molar-refractivity contribution in [2.24, 2.45) is 5.92 Å². The number of hydrogen-bond donors (Lipinski definition) is 1. The minimum atomic E-state index is 0.342. The summed E-state index contributed by atoms with van der Waals surface area (Å²) in [6, 6.07) is 0. The second-order valence-electron chi connectivity index (χ2n) is 4.49. The van der Waals surface area contributed by atoms with Gasteiger partial charge >= 0.3 is 0 Å². The first-order chi connectivity index (χ1) is 7.81. The van der Waals surface area contributed by atoms with E-state index in [2.05, 4.69) is 28.7 Å². The quantitative estimate of drug-likeness (QED) is 0.839. The maximum absolute atomic E-state index is 5.96. The number of imidazole rings is 1. The van der Waals surface area contributed by atoms with Crippen LogP contribution in [0.4, 0.5) is 0 Å². The molecule has 1 aromatic heterocycles. The lowest BCUT2D eigenvalue weighted by molar-refractivity contribution is -0.00903. The first-order valence-corrected chi connectivity index (χ1v) is 6.12. The van der Waals surface area contributed by atoms with Crippen LogP contribution in [0, 0.1) is 5.92 Å². The van der Waals surface area contributed by atoms with Gasteiger partial charge in [-0.3, -0.25) is 0 Å². The van der Waals surface area contributed by atoms with Gasteiger partial charge in [0.05, 0.1) is 30.9 Å². The first-order valence-electron chi connectivity index (χ1n) is 6.12. The molecule has 4 heteroatoms. The van der Waals surface area contributed by atoms with E-state index in [4.69, 9.17) is 4.74 Å². The molecule has 2 unspecified atom stereocenters. The Kier molecular flexibility index (Phi) is 3.96. The van der Waals surface area contributed by atoms with Gasteiger partial charge in [-0.25, -0.2) is 4.98 Å². The average molecular weight is 223 g/mol. The Balaban J connectivity index is 1.86. The summed E-state index contributed by atoms with van der Waals surface area (Å²) in [6.45, 7) is 8.11. The van der Waals surface area contributed by atoms with Crippen LogP contribution >= 0.6 is 0 Å². The van der Waals surface area contributed by atoms with Crippen molar-refractivity contribution in [3.63, 3.8) is 0 Å². The summed E-state index contributed by atoms with van der Waals surface area (Å²) in [7, 11) is 0. The predicted molar refractivity (Wildman–Crippen MR) is 63.1 cm³/mol. The topological polar surface area (TPSA) is 39.1 Å². The van der Waals surface area contributed by atoms with Crippen molar-refractivity contribution in [2.45, 2.75) is 39.5 Å². The average Bonchev–Trinajstić information content (AvgIpc) is 2.75. The molecule has 0 bridgehead atoms. The van der Waals surface area contributed by atoms with E-state index >= 15 is 0 Å². The maximum atomic E-state index is 5.96. The van der Waals surface area contributed by atoms with Crippen LogP contribution in [0.15, 0.2) is 12.5 Å². The van der Waals surface area contributed by atoms with E-state index in [0.717, 1.165) is 19.6 Å². The molecule has 1 saturated heterocycles. The summed E-state index contributed by atoms with van der Waals surface area (Å²) in [5.41, 5.74) is 1.17. The van der Waals surface area contributed by atoms with Crippen molar-refractivity contribution in [3.05, 3.63) is 18.2 Å². The van der Waals surface area contributed by atoms with Crippen LogP contribution in [0.1, 0.15) is 26.0 Å². The van der Waals surface area contributed by atoms with Gasteiger partial charge in [-0.1, -0.05) is 6.92 Å². The summed E-state index contributed by atoms with van der Waals surface area (Å²) in [6.07, 6.45) is 5.30. The predicted octanol–water partition coefficient (Wildman–Crippen LogP) is 1.42. The summed E-state index contributed by atoms with van der Waals surface area (Å²) >= 11 is 0. The van der Waals surface area contributed by atoms with Crippen molar-refractivity contribution in [2.75, 3.05) is 13.1 Å². The van der Waals surface area contributed by atoms with Crippen LogP contribution < -0.4 is 5.32 Å². The fraction of sp³-hybridized carbons (Fsp3) is 0.750. The summed E-state index contributed by atoms with van der Waals surface area (Å²) in [4.78, 5) is 4.14. The monoisotopic (exact) mass is 223 g/mol. The molecule has 1 aromatic rings. The van der Waals surface area contributed by atoms with Crippen LogP contribution in [0.2, 0.25) is 0 Å². The van der Waals surface area contributed by atoms with Crippen molar-refractivity contribution in [1.82, 2.24) is 14.9 Å².